The van der Waals surface area contributed by atoms with Gasteiger partial charge in [0.1, 0.15) is 19.6 Å². The molecule has 1 aliphatic carbocycles. The van der Waals surface area contributed by atoms with Crippen LogP contribution in [-0.4, -0.2) is 36.0 Å². The van der Waals surface area contributed by atoms with Crippen molar-refractivity contribution in [1.82, 2.24) is 4.98 Å². The van der Waals surface area contributed by atoms with E-state index in [-0.39, 0.29) is 28.7 Å². The van der Waals surface area contributed by atoms with Crippen LogP contribution < -0.4 is 11.1 Å². The maximum Gasteiger partial charge on any atom is 0.348 e. The van der Waals surface area contributed by atoms with Crippen LogP contribution in [0, 0.1) is 6.92 Å². The SMILES string of the molecule is CCOC(=O)c1sc(NC(=O)c2sc3nc4c(cc3c2N)CCCC4)c(C(=O)OCC)c1C. The molecule has 3 heterocycles. The number of hydrogen-bond acceptors (Lipinski definition) is 9. The Morgan fingerprint density at radius 1 is 1.06 bits per heavy atom. The minimum atomic E-state index is -0.615. The fourth-order valence-corrected chi connectivity index (χ4v) is 6.01. The van der Waals surface area contributed by atoms with Gasteiger partial charge in [-0.25, -0.2) is 14.6 Å². The topological polar surface area (TPSA) is 121 Å². The number of carbonyl (C=O) groups excluding carboxylic acids is 3. The van der Waals surface area contributed by atoms with Crippen molar-refractivity contribution >= 4 is 61.4 Å². The Kier molecular flexibility index (Phi) is 6.66. The highest BCUT2D eigenvalue weighted by molar-refractivity contribution is 7.21. The summed E-state index contributed by atoms with van der Waals surface area (Å²) in [5, 5.41) is 3.76. The molecule has 0 saturated carbocycles. The molecule has 1 amide bonds. The van der Waals surface area contributed by atoms with Crippen molar-refractivity contribution in [3.8, 4) is 0 Å². The Labute approximate surface area is 199 Å². The molecule has 10 heteroatoms. The number of pyridine rings is 1. The van der Waals surface area contributed by atoms with E-state index in [9.17, 15) is 14.4 Å². The summed E-state index contributed by atoms with van der Waals surface area (Å²) in [6.45, 7) is 5.38. The third-order valence-electron chi connectivity index (χ3n) is 5.52. The summed E-state index contributed by atoms with van der Waals surface area (Å²) in [6, 6.07) is 2.04. The molecule has 0 unspecified atom stereocenters. The number of nitrogens with zero attached hydrogens (tertiary/aromatic N) is 1. The Morgan fingerprint density at radius 3 is 2.48 bits per heavy atom. The zero-order chi connectivity index (χ0) is 23.7. The van der Waals surface area contributed by atoms with E-state index in [1.165, 1.54) is 16.9 Å². The lowest BCUT2D eigenvalue weighted by molar-refractivity contribution is 0.0527. The number of ether oxygens (including phenoxy) is 2. The second-order valence-corrected chi connectivity index (χ2v) is 9.67. The number of rotatable bonds is 6. The van der Waals surface area contributed by atoms with Gasteiger partial charge < -0.3 is 20.5 Å². The van der Waals surface area contributed by atoms with Gasteiger partial charge in [-0.2, -0.15) is 0 Å². The van der Waals surface area contributed by atoms with Crippen molar-refractivity contribution in [2.75, 3.05) is 24.3 Å². The molecule has 174 valence electrons. The third-order valence-corrected chi connectivity index (χ3v) is 7.82. The van der Waals surface area contributed by atoms with E-state index in [4.69, 9.17) is 20.2 Å². The lowest BCUT2D eigenvalue weighted by Crippen LogP contribution is -2.15. The number of hydrogen-bond donors (Lipinski definition) is 2. The molecule has 0 aliphatic heterocycles. The van der Waals surface area contributed by atoms with Crippen molar-refractivity contribution in [3.05, 3.63) is 38.2 Å². The molecule has 0 fully saturated rings. The van der Waals surface area contributed by atoms with Crippen LogP contribution in [0.15, 0.2) is 6.07 Å². The van der Waals surface area contributed by atoms with Gasteiger partial charge in [-0.05, 0) is 63.6 Å². The summed E-state index contributed by atoms with van der Waals surface area (Å²) >= 11 is 2.21. The molecule has 0 atom stereocenters. The van der Waals surface area contributed by atoms with Crippen LogP contribution in [-0.2, 0) is 22.3 Å². The predicted octanol–water partition coefficient (Wildman–Crippen LogP) is 4.73. The number of anilines is 2. The number of aromatic nitrogens is 1. The van der Waals surface area contributed by atoms with Crippen molar-refractivity contribution in [3.63, 3.8) is 0 Å². The summed E-state index contributed by atoms with van der Waals surface area (Å²) in [7, 11) is 0. The molecular formula is C23H25N3O5S2. The van der Waals surface area contributed by atoms with E-state index in [1.807, 2.05) is 6.07 Å². The van der Waals surface area contributed by atoms with Gasteiger partial charge >= 0.3 is 11.9 Å². The van der Waals surface area contributed by atoms with Gasteiger partial charge in [-0.1, -0.05) is 0 Å². The first-order chi connectivity index (χ1) is 15.8. The minimum absolute atomic E-state index is 0.145. The number of carbonyl (C=O) groups is 3. The molecule has 8 nitrogen and oxygen atoms in total. The van der Waals surface area contributed by atoms with Crippen LogP contribution in [0.4, 0.5) is 10.7 Å². The molecule has 1 aliphatic rings. The number of aryl methyl sites for hydroxylation is 2. The van der Waals surface area contributed by atoms with Gasteiger partial charge in [0.15, 0.2) is 0 Å². The number of nitrogen functional groups attached to an aromatic ring is 1. The zero-order valence-corrected chi connectivity index (χ0v) is 20.3. The lowest BCUT2D eigenvalue weighted by atomic mass is 9.95. The Hall–Kier alpha value is -2.98. The molecule has 0 spiro atoms. The standard InChI is InChI=1S/C23H25N3O5S2/c1-4-30-22(28)15-11(3)17(23(29)31-5-2)32-21(15)26-19(27)18-16(24)13-10-12-8-6-7-9-14(12)25-20(13)33-18/h10H,4-9,24H2,1-3H3,(H,26,27). The summed E-state index contributed by atoms with van der Waals surface area (Å²) in [5.41, 5.74) is 9.51. The Bertz CT molecular complexity index is 1260. The summed E-state index contributed by atoms with van der Waals surface area (Å²) in [5.74, 6) is -1.63. The monoisotopic (exact) mass is 487 g/mol. The number of esters is 2. The zero-order valence-electron chi connectivity index (χ0n) is 18.7. The van der Waals surface area contributed by atoms with Crippen molar-refractivity contribution < 1.29 is 23.9 Å². The van der Waals surface area contributed by atoms with Crippen LogP contribution in [0.25, 0.3) is 10.2 Å². The normalized spacial score (nSPS) is 12.9. The Morgan fingerprint density at radius 2 is 1.76 bits per heavy atom. The molecule has 3 aromatic rings. The Balaban J connectivity index is 1.71. The maximum atomic E-state index is 13.2. The third kappa shape index (κ3) is 4.32. The molecule has 4 rings (SSSR count). The van der Waals surface area contributed by atoms with E-state index in [2.05, 4.69) is 5.32 Å². The fourth-order valence-electron chi connectivity index (χ4n) is 3.93. The van der Waals surface area contributed by atoms with Crippen LogP contribution in [0.1, 0.15) is 73.2 Å². The molecule has 0 radical (unpaired) electrons. The first-order valence-electron chi connectivity index (χ1n) is 10.8. The average molecular weight is 488 g/mol. The number of thiophene rings is 2. The lowest BCUT2D eigenvalue weighted by Gasteiger charge is -2.14. The van der Waals surface area contributed by atoms with E-state index >= 15 is 0 Å². The number of fused-ring (bicyclic) bond motifs is 2. The molecule has 0 saturated heterocycles. The highest BCUT2D eigenvalue weighted by Crippen LogP contribution is 2.38. The minimum Gasteiger partial charge on any atom is -0.462 e. The van der Waals surface area contributed by atoms with Crippen LogP contribution in [0.2, 0.25) is 0 Å². The highest BCUT2D eigenvalue weighted by atomic mass is 32.1. The van der Waals surface area contributed by atoms with Crippen LogP contribution >= 0.6 is 22.7 Å². The summed E-state index contributed by atoms with van der Waals surface area (Å²) < 4.78 is 10.2. The van der Waals surface area contributed by atoms with E-state index in [0.717, 1.165) is 52.9 Å². The van der Waals surface area contributed by atoms with Gasteiger partial charge in [0.2, 0.25) is 0 Å². The van der Waals surface area contributed by atoms with E-state index < -0.39 is 17.8 Å². The molecule has 0 bridgehead atoms. The molecular weight excluding hydrogens is 462 g/mol. The van der Waals surface area contributed by atoms with Gasteiger partial charge in [0, 0.05) is 11.1 Å². The smallest absolute Gasteiger partial charge is 0.348 e. The van der Waals surface area contributed by atoms with Gasteiger partial charge in [0.25, 0.3) is 5.91 Å². The van der Waals surface area contributed by atoms with Gasteiger partial charge in [-0.15, -0.1) is 22.7 Å². The molecule has 3 aromatic heterocycles. The molecule has 0 aromatic carbocycles. The molecule has 33 heavy (non-hydrogen) atoms. The number of nitrogens with two attached hydrogens (primary N) is 1. The highest BCUT2D eigenvalue weighted by Gasteiger charge is 2.29. The first kappa shape index (κ1) is 23.2. The largest absolute Gasteiger partial charge is 0.462 e. The van der Waals surface area contributed by atoms with Crippen LogP contribution in [0.3, 0.4) is 0 Å². The average Bonchev–Trinajstić information content (AvgIpc) is 3.29. The van der Waals surface area contributed by atoms with Crippen molar-refractivity contribution in [1.29, 1.82) is 0 Å². The second-order valence-electron chi connectivity index (χ2n) is 7.65. The predicted molar refractivity (Wildman–Crippen MR) is 130 cm³/mol. The van der Waals surface area contributed by atoms with Crippen LogP contribution in [0.5, 0.6) is 0 Å². The first-order valence-corrected chi connectivity index (χ1v) is 12.5. The fraction of sp³-hybridized carbons (Fsp3) is 0.391. The van der Waals surface area contributed by atoms with Crippen molar-refractivity contribution in [2.24, 2.45) is 0 Å². The summed E-state index contributed by atoms with van der Waals surface area (Å²) in [6.07, 6.45) is 4.12. The second kappa shape index (κ2) is 9.48. The quantitative estimate of drug-likeness (QED) is 0.482. The van der Waals surface area contributed by atoms with E-state index in [0.29, 0.717) is 16.1 Å². The van der Waals surface area contributed by atoms with E-state index in [1.54, 1.807) is 20.8 Å². The van der Waals surface area contributed by atoms with Gasteiger partial charge in [-0.3, -0.25) is 4.79 Å². The van der Waals surface area contributed by atoms with Gasteiger partial charge in [0.05, 0.1) is 24.5 Å². The molecule has 3 N–H and O–H groups in total. The number of amides is 1. The maximum absolute atomic E-state index is 13.2. The summed E-state index contributed by atoms with van der Waals surface area (Å²) in [4.78, 5) is 44.2. The van der Waals surface area contributed by atoms with Crippen molar-refractivity contribution in [2.45, 2.75) is 46.5 Å². The number of nitrogens with one attached hydrogen (secondary N) is 1.